The third kappa shape index (κ3) is 3.32. The van der Waals surface area contributed by atoms with Gasteiger partial charge in [0.25, 0.3) is 0 Å². The van der Waals surface area contributed by atoms with Crippen LogP contribution in [0, 0.1) is 17.5 Å². The second kappa shape index (κ2) is 5.72. The van der Waals surface area contributed by atoms with E-state index in [1.165, 1.54) is 30.3 Å². The van der Waals surface area contributed by atoms with Crippen LogP contribution in [0.15, 0.2) is 42.5 Å². The van der Waals surface area contributed by atoms with Crippen molar-refractivity contribution in [1.82, 2.24) is 0 Å². The molecule has 2 aromatic carbocycles. The molecular weight excluding hydrogens is 277 g/mol. The van der Waals surface area contributed by atoms with Crippen LogP contribution in [0.2, 0.25) is 0 Å². The molecule has 0 N–H and O–H groups in total. The van der Waals surface area contributed by atoms with E-state index in [0.29, 0.717) is 5.56 Å². The summed E-state index contributed by atoms with van der Waals surface area (Å²) in [5.41, 5.74) is -0.0814. The summed E-state index contributed by atoms with van der Waals surface area (Å²) < 4.78 is 39.4. The monoisotopic (exact) mass is 292 g/mol. The zero-order chi connectivity index (χ0) is 15.6. The highest BCUT2D eigenvalue weighted by Gasteiger charge is 2.30. The lowest BCUT2D eigenvalue weighted by Gasteiger charge is -2.24. The molecule has 2 rings (SSSR count). The van der Waals surface area contributed by atoms with Gasteiger partial charge in [-0.2, -0.15) is 0 Å². The van der Waals surface area contributed by atoms with E-state index in [-0.39, 0.29) is 23.6 Å². The van der Waals surface area contributed by atoms with Crippen LogP contribution in [0.3, 0.4) is 0 Å². The Kier molecular flexibility index (Phi) is 4.16. The van der Waals surface area contributed by atoms with E-state index in [1.807, 2.05) is 0 Å². The largest absolute Gasteiger partial charge is 0.298 e. The number of carbonyl (C=O) groups is 1. The Morgan fingerprint density at radius 1 is 0.952 bits per heavy atom. The molecular formula is C17H15F3O. The summed E-state index contributed by atoms with van der Waals surface area (Å²) in [7, 11) is 0. The number of carbonyl (C=O) groups excluding carboxylic acids is 1. The standard InChI is InChI=1S/C17H15F3O/c1-17(2,12-4-7-13(18)8-5-12)16(21)9-11-3-6-14(19)10-15(11)20/h3-8,10H,9H2,1-2H3. The van der Waals surface area contributed by atoms with Crippen LogP contribution in [0.4, 0.5) is 13.2 Å². The summed E-state index contributed by atoms with van der Waals surface area (Å²) in [4.78, 5) is 12.4. The zero-order valence-electron chi connectivity index (χ0n) is 11.8. The Morgan fingerprint density at radius 3 is 2.10 bits per heavy atom. The average Bonchev–Trinajstić information content (AvgIpc) is 2.42. The minimum absolute atomic E-state index is 0.142. The van der Waals surface area contributed by atoms with Gasteiger partial charge >= 0.3 is 0 Å². The van der Waals surface area contributed by atoms with Crippen LogP contribution in [-0.4, -0.2) is 5.78 Å². The molecule has 4 heteroatoms. The summed E-state index contributed by atoms with van der Waals surface area (Å²) in [6, 6.07) is 8.78. The summed E-state index contributed by atoms with van der Waals surface area (Å²) in [6.07, 6.45) is -0.142. The fourth-order valence-electron chi connectivity index (χ4n) is 2.09. The van der Waals surface area contributed by atoms with Crippen molar-refractivity contribution in [1.29, 1.82) is 0 Å². The molecule has 110 valence electrons. The Bertz CT molecular complexity index is 660. The molecule has 0 aliphatic rings. The number of rotatable bonds is 4. The predicted molar refractivity (Wildman–Crippen MR) is 74.5 cm³/mol. The Balaban J connectivity index is 2.24. The molecule has 0 fully saturated rings. The first-order valence-electron chi connectivity index (χ1n) is 6.54. The van der Waals surface area contributed by atoms with Gasteiger partial charge < -0.3 is 0 Å². The van der Waals surface area contributed by atoms with Crippen LogP contribution in [0.1, 0.15) is 25.0 Å². The third-order valence-electron chi connectivity index (χ3n) is 3.63. The van der Waals surface area contributed by atoms with Crippen molar-refractivity contribution in [3.05, 3.63) is 71.0 Å². The fourth-order valence-corrected chi connectivity index (χ4v) is 2.09. The predicted octanol–water partition coefficient (Wildman–Crippen LogP) is 4.19. The molecule has 0 aliphatic carbocycles. The molecule has 0 spiro atoms. The van der Waals surface area contributed by atoms with Crippen molar-refractivity contribution in [3.63, 3.8) is 0 Å². The highest BCUT2D eigenvalue weighted by molar-refractivity contribution is 5.91. The molecule has 0 saturated heterocycles. The highest BCUT2D eigenvalue weighted by atomic mass is 19.1. The quantitative estimate of drug-likeness (QED) is 0.825. The molecule has 0 radical (unpaired) electrons. The van der Waals surface area contributed by atoms with Gasteiger partial charge in [-0.1, -0.05) is 18.2 Å². The number of ketones is 1. The summed E-state index contributed by atoms with van der Waals surface area (Å²) in [5, 5.41) is 0. The minimum Gasteiger partial charge on any atom is -0.298 e. The Morgan fingerprint density at radius 2 is 1.52 bits per heavy atom. The van der Waals surface area contributed by atoms with Crippen LogP contribution < -0.4 is 0 Å². The van der Waals surface area contributed by atoms with Crippen LogP contribution in [-0.2, 0) is 16.6 Å². The molecule has 0 unspecified atom stereocenters. The molecule has 0 saturated carbocycles. The first kappa shape index (κ1) is 15.3. The molecule has 0 aliphatic heterocycles. The van der Waals surface area contributed by atoms with Gasteiger partial charge in [-0.3, -0.25) is 4.79 Å². The first-order chi connectivity index (χ1) is 9.80. The van der Waals surface area contributed by atoms with Gasteiger partial charge in [-0.05, 0) is 43.2 Å². The number of hydrogen-bond acceptors (Lipinski definition) is 1. The maximum Gasteiger partial charge on any atom is 0.147 e. The number of halogens is 3. The second-order valence-corrected chi connectivity index (χ2v) is 5.47. The molecule has 1 nitrogen and oxygen atoms in total. The van der Waals surface area contributed by atoms with Gasteiger partial charge in [0.2, 0.25) is 0 Å². The molecule has 0 amide bonds. The minimum atomic E-state index is -0.880. The zero-order valence-corrected chi connectivity index (χ0v) is 11.8. The van der Waals surface area contributed by atoms with Crippen molar-refractivity contribution in [2.24, 2.45) is 0 Å². The molecule has 21 heavy (non-hydrogen) atoms. The van der Waals surface area contributed by atoms with Gasteiger partial charge in [-0.25, -0.2) is 13.2 Å². The van der Waals surface area contributed by atoms with E-state index < -0.39 is 17.0 Å². The van der Waals surface area contributed by atoms with Gasteiger partial charge in [0, 0.05) is 17.9 Å². The van der Waals surface area contributed by atoms with Gasteiger partial charge in [0.05, 0.1) is 0 Å². The van der Waals surface area contributed by atoms with Crippen LogP contribution in [0.25, 0.3) is 0 Å². The lowest BCUT2D eigenvalue weighted by molar-refractivity contribution is -0.122. The van der Waals surface area contributed by atoms with Gasteiger partial charge in [-0.15, -0.1) is 0 Å². The fraction of sp³-hybridized carbons (Fsp3) is 0.235. The summed E-state index contributed by atoms with van der Waals surface area (Å²) in [5.74, 6) is -2.02. The Hall–Kier alpha value is -2.10. The van der Waals surface area contributed by atoms with Gasteiger partial charge in [0.1, 0.15) is 23.2 Å². The highest BCUT2D eigenvalue weighted by Crippen LogP contribution is 2.26. The topological polar surface area (TPSA) is 17.1 Å². The molecule has 0 bridgehead atoms. The second-order valence-electron chi connectivity index (χ2n) is 5.47. The van der Waals surface area contributed by atoms with E-state index >= 15 is 0 Å². The average molecular weight is 292 g/mol. The van der Waals surface area contributed by atoms with E-state index in [9.17, 15) is 18.0 Å². The van der Waals surface area contributed by atoms with E-state index in [0.717, 1.165) is 12.1 Å². The van der Waals surface area contributed by atoms with E-state index in [2.05, 4.69) is 0 Å². The smallest absolute Gasteiger partial charge is 0.147 e. The lowest BCUT2D eigenvalue weighted by Crippen LogP contribution is -2.30. The molecule has 0 heterocycles. The van der Waals surface area contributed by atoms with Crippen LogP contribution in [0.5, 0.6) is 0 Å². The number of benzene rings is 2. The SMILES string of the molecule is CC(C)(C(=O)Cc1ccc(F)cc1F)c1ccc(F)cc1. The Labute approximate surface area is 121 Å². The van der Waals surface area contributed by atoms with Gasteiger partial charge in [0.15, 0.2) is 0 Å². The van der Waals surface area contributed by atoms with E-state index in [1.54, 1.807) is 13.8 Å². The van der Waals surface area contributed by atoms with E-state index in [4.69, 9.17) is 0 Å². The molecule has 2 aromatic rings. The van der Waals surface area contributed by atoms with Crippen molar-refractivity contribution < 1.29 is 18.0 Å². The number of Topliss-reactive ketones (excluding diaryl/α,β-unsaturated/α-hetero) is 1. The lowest BCUT2D eigenvalue weighted by atomic mass is 9.78. The van der Waals surface area contributed by atoms with Crippen molar-refractivity contribution in [2.45, 2.75) is 25.7 Å². The molecule has 0 atom stereocenters. The third-order valence-corrected chi connectivity index (χ3v) is 3.63. The molecule has 0 aromatic heterocycles. The van der Waals surface area contributed by atoms with Crippen molar-refractivity contribution >= 4 is 5.78 Å². The summed E-state index contributed by atoms with van der Waals surface area (Å²) >= 11 is 0. The normalized spacial score (nSPS) is 11.5. The van der Waals surface area contributed by atoms with Crippen molar-refractivity contribution in [2.75, 3.05) is 0 Å². The summed E-state index contributed by atoms with van der Waals surface area (Å²) in [6.45, 7) is 3.40. The maximum absolute atomic E-state index is 13.6. The van der Waals surface area contributed by atoms with Crippen molar-refractivity contribution in [3.8, 4) is 0 Å². The number of hydrogen-bond donors (Lipinski definition) is 0. The first-order valence-corrected chi connectivity index (χ1v) is 6.54. The maximum atomic E-state index is 13.6. The van der Waals surface area contributed by atoms with Crippen LogP contribution >= 0.6 is 0 Å².